The SMILES string of the molecule is CC(=O)c1cccc(-c2cc(OC(=O)NC3CCCCC3)ccc2O)c1. The molecule has 0 spiro atoms. The van der Waals surface area contributed by atoms with Gasteiger partial charge in [0.25, 0.3) is 0 Å². The first kappa shape index (κ1) is 18.0. The van der Waals surface area contributed by atoms with Crippen LogP contribution in [0.2, 0.25) is 0 Å². The van der Waals surface area contributed by atoms with Gasteiger partial charge in [-0.2, -0.15) is 0 Å². The number of ether oxygens (including phenoxy) is 1. The summed E-state index contributed by atoms with van der Waals surface area (Å²) in [5.74, 6) is 0.357. The number of benzene rings is 2. The molecule has 0 bridgehead atoms. The van der Waals surface area contributed by atoms with Crippen LogP contribution in [0, 0.1) is 0 Å². The molecule has 5 heteroatoms. The monoisotopic (exact) mass is 353 g/mol. The molecule has 1 aliphatic rings. The third-order valence-corrected chi connectivity index (χ3v) is 4.69. The predicted molar refractivity (Wildman–Crippen MR) is 99.6 cm³/mol. The number of carbonyl (C=O) groups is 2. The lowest BCUT2D eigenvalue weighted by Gasteiger charge is -2.22. The van der Waals surface area contributed by atoms with E-state index in [0.29, 0.717) is 22.4 Å². The molecular formula is C21H23NO4. The molecule has 0 saturated heterocycles. The fourth-order valence-electron chi connectivity index (χ4n) is 3.27. The lowest BCUT2D eigenvalue weighted by atomic mass is 9.96. The standard InChI is InChI=1S/C21H23NO4/c1-14(23)15-6-5-7-16(12-15)19-13-18(10-11-20(19)24)26-21(25)22-17-8-3-2-4-9-17/h5-7,10-13,17,24H,2-4,8-9H2,1H3,(H,22,25). The van der Waals surface area contributed by atoms with E-state index in [1.807, 2.05) is 0 Å². The van der Waals surface area contributed by atoms with Crippen LogP contribution in [0.5, 0.6) is 11.5 Å². The molecule has 1 aliphatic carbocycles. The van der Waals surface area contributed by atoms with E-state index in [-0.39, 0.29) is 17.6 Å². The number of Topliss-reactive ketones (excluding diaryl/α,β-unsaturated/α-hetero) is 1. The lowest BCUT2D eigenvalue weighted by molar-refractivity contribution is 0.101. The van der Waals surface area contributed by atoms with Gasteiger partial charge in [-0.25, -0.2) is 4.79 Å². The van der Waals surface area contributed by atoms with Crippen molar-refractivity contribution in [3.05, 3.63) is 48.0 Å². The average Bonchev–Trinajstić information content (AvgIpc) is 2.64. The third kappa shape index (κ3) is 4.42. The zero-order valence-electron chi connectivity index (χ0n) is 14.8. The van der Waals surface area contributed by atoms with Crippen molar-refractivity contribution in [1.82, 2.24) is 5.32 Å². The summed E-state index contributed by atoms with van der Waals surface area (Å²) in [6, 6.07) is 11.8. The van der Waals surface area contributed by atoms with Crippen LogP contribution in [-0.2, 0) is 0 Å². The summed E-state index contributed by atoms with van der Waals surface area (Å²) in [5.41, 5.74) is 1.76. The number of ketones is 1. The summed E-state index contributed by atoms with van der Waals surface area (Å²) in [5, 5.41) is 13.1. The number of nitrogens with one attached hydrogen (secondary N) is 1. The van der Waals surface area contributed by atoms with Gasteiger partial charge >= 0.3 is 6.09 Å². The van der Waals surface area contributed by atoms with Crippen molar-refractivity contribution in [1.29, 1.82) is 0 Å². The Morgan fingerprint density at radius 1 is 1.08 bits per heavy atom. The van der Waals surface area contributed by atoms with Crippen LogP contribution in [0.25, 0.3) is 11.1 Å². The Kier molecular flexibility index (Phi) is 5.56. The molecule has 2 aromatic rings. The van der Waals surface area contributed by atoms with Gasteiger partial charge in [0.05, 0.1) is 0 Å². The number of amides is 1. The molecule has 0 heterocycles. The normalized spacial score (nSPS) is 14.7. The van der Waals surface area contributed by atoms with Crippen LogP contribution >= 0.6 is 0 Å². The van der Waals surface area contributed by atoms with Crippen LogP contribution in [0.3, 0.4) is 0 Å². The molecule has 0 radical (unpaired) electrons. The van der Waals surface area contributed by atoms with Gasteiger partial charge in [-0.15, -0.1) is 0 Å². The molecule has 1 saturated carbocycles. The summed E-state index contributed by atoms with van der Waals surface area (Å²) < 4.78 is 5.38. The van der Waals surface area contributed by atoms with E-state index in [9.17, 15) is 14.7 Å². The van der Waals surface area contributed by atoms with Gasteiger partial charge in [-0.05, 0) is 49.6 Å². The minimum atomic E-state index is -0.481. The van der Waals surface area contributed by atoms with E-state index in [1.165, 1.54) is 19.4 Å². The molecule has 2 N–H and O–H groups in total. The summed E-state index contributed by atoms with van der Waals surface area (Å²) in [4.78, 5) is 23.7. The van der Waals surface area contributed by atoms with Gasteiger partial charge in [0.2, 0.25) is 0 Å². The third-order valence-electron chi connectivity index (χ3n) is 4.69. The highest BCUT2D eigenvalue weighted by molar-refractivity contribution is 5.95. The van der Waals surface area contributed by atoms with E-state index < -0.39 is 6.09 Å². The quantitative estimate of drug-likeness (QED) is 0.782. The highest BCUT2D eigenvalue weighted by Gasteiger charge is 2.17. The van der Waals surface area contributed by atoms with Crippen molar-refractivity contribution < 1.29 is 19.4 Å². The molecule has 1 fully saturated rings. The van der Waals surface area contributed by atoms with Crippen molar-refractivity contribution in [2.45, 2.75) is 45.1 Å². The van der Waals surface area contributed by atoms with Crippen LogP contribution in [0.15, 0.2) is 42.5 Å². The Balaban J connectivity index is 1.76. The molecule has 136 valence electrons. The second kappa shape index (κ2) is 8.04. The maximum Gasteiger partial charge on any atom is 0.412 e. The maximum absolute atomic E-state index is 12.1. The molecule has 2 aromatic carbocycles. The average molecular weight is 353 g/mol. The highest BCUT2D eigenvalue weighted by atomic mass is 16.6. The molecule has 0 atom stereocenters. The number of carbonyl (C=O) groups excluding carboxylic acids is 2. The fraction of sp³-hybridized carbons (Fsp3) is 0.333. The second-order valence-electron chi connectivity index (χ2n) is 6.68. The van der Waals surface area contributed by atoms with Crippen molar-refractivity contribution in [2.24, 2.45) is 0 Å². The first-order chi connectivity index (χ1) is 12.5. The summed E-state index contributed by atoms with van der Waals surface area (Å²) in [7, 11) is 0. The van der Waals surface area contributed by atoms with E-state index in [4.69, 9.17) is 4.74 Å². The maximum atomic E-state index is 12.1. The van der Waals surface area contributed by atoms with E-state index >= 15 is 0 Å². The summed E-state index contributed by atoms with van der Waals surface area (Å²) in [6.45, 7) is 1.49. The van der Waals surface area contributed by atoms with Gasteiger partial charge in [0.15, 0.2) is 5.78 Å². The van der Waals surface area contributed by atoms with E-state index in [1.54, 1.807) is 36.4 Å². The Bertz CT molecular complexity index is 809. The number of aromatic hydroxyl groups is 1. The molecule has 0 aliphatic heterocycles. The first-order valence-electron chi connectivity index (χ1n) is 8.95. The molecule has 5 nitrogen and oxygen atoms in total. The lowest BCUT2D eigenvalue weighted by Crippen LogP contribution is -2.37. The minimum Gasteiger partial charge on any atom is -0.507 e. The zero-order valence-corrected chi connectivity index (χ0v) is 14.8. The smallest absolute Gasteiger partial charge is 0.412 e. The first-order valence-corrected chi connectivity index (χ1v) is 8.95. The van der Waals surface area contributed by atoms with E-state index in [0.717, 1.165) is 25.7 Å². The summed E-state index contributed by atoms with van der Waals surface area (Å²) >= 11 is 0. The zero-order chi connectivity index (χ0) is 18.5. The van der Waals surface area contributed by atoms with Gasteiger partial charge in [0.1, 0.15) is 11.5 Å². The van der Waals surface area contributed by atoms with Gasteiger partial charge in [-0.3, -0.25) is 4.79 Å². The highest BCUT2D eigenvalue weighted by Crippen LogP contribution is 2.33. The molecular weight excluding hydrogens is 330 g/mol. The van der Waals surface area contributed by atoms with Gasteiger partial charge in [0, 0.05) is 17.2 Å². The van der Waals surface area contributed by atoms with Crippen molar-refractivity contribution in [3.8, 4) is 22.6 Å². The minimum absolute atomic E-state index is 0.0504. The number of hydrogen-bond acceptors (Lipinski definition) is 4. The Morgan fingerprint density at radius 3 is 2.58 bits per heavy atom. The van der Waals surface area contributed by atoms with Crippen LogP contribution in [0.4, 0.5) is 4.79 Å². The Labute approximate surface area is 153 Å². The van der Waals surface area contributed by atoms with E-state index in [2.05, 4.69) is 5.32 Å². The molecule has 0 aromatic heterocycles. The number of hydrogen-bond donors (Lipinski definition) is 2. The van der Waals surface area contributed by atoms with Gasteiger partial charge < -0.3 is 15.2 Å². The Morgan fingerprint density at radius 2 is 1.85 bits per heavy atom. The predicted octanol–water partition coefficient (Wildman–Crippen LogP) is 4.68. The molecule has 26 heavy (non-hydrogen) atoms. The van der Waals surface area contributed by atoms with Crippen LogP contribution in [-0.4, -0.2) is 23.0 Å². The van der Waals surface area contributed by atoms with Crippen LogP contribution in [0.1, 0.15) is 49.4 Å². The molecule has 1 amide bonds. The van der Waals surface area contributed by atoms with Crippen LogP contribution < -0.4 is 10.1 Å². The summed E-state index contributed by atoms with van der Waals surface area (Å²) in [6.07, 6.45) is 4.95. The fourth-order valence-corrected chi connectivity index (χ4v) is 3.27. The number of phenolic OH excluding ortho intramolecular Hbond substituents is 1. The number of rotatable bonds is 4. The largest absolute Gasteiger partial charge is 0.507 e. The van der Waals surface area contributed by atoms with Crippen molar-refractivity contribution in [2.75, 3.05) is 0 Å². The van der Waals surface area contributed by atoms with Gasteiger partial charge in [-0.1, -0.05) is 37.5 Å². The van der Waals surface area contributed by atoms with Crippen molar-refractivity contribution in [3.63, 3.8) is 0 Å². The Hall–Kier alpha value is -2.82. The second-order valence-corrected chi connectivity index (χ2v) is 6.68. The molecule has 0 unspecified atom stereocenters. The number of phenols is 1. The van der Waals surface area contributed by atoms with Crippen molar-refractivity contribution >= 4 is 11.9 Å². The topological polar surface area (TPSA) is 75.6 Å². The molecule has 3 rings (SSSR count).